The average molecular weight is 231 g/mol. The summed E-state index contributed by atoms with van der Waals surface area (Å²) in [5.74, 6) is 0.893. The Labute approximate surface area is 103 Å². The quantitative estimate of drug-likeness (QED) is 0.842. The molecule has 0 bridgehead atoms. The number of rotatable bonds is 2. The van der Waals surface area contributed by atoms with Crippen LogP contribution in [0.4, 0.5) is 0 Å². The van der Waals surface area contributed by atoms with Gasteiger partial charge in [0.1, 0.15) is 11.3 Å². The van der Waals surface area contributed by atoms with Gasteiger partial charge in [-0.3, -0.25) is 0 Å². The molecule has 0 fully saturated rings. The van der Waals surface area contributed by atoms with Crippen molar-refractivity contribution in [2.24, 2.45) is 11.1 Å². The first-order chi connectivity index (χ1) is 7.87. The van der Waals surface area contributed by atoms with Crippen LogP contribution in [0, 0.1) is 12.3 Å². The number of fused-ring (bicyclic) bond motifs is 1. The Morgan fingerprint density at radius 1 is 1.29 bits per heavy atom. The SMILES string of the molecule is Cc1cccc2cc(C(N)CC(C)(C)C)oc12. The van der Waals surface area contributed by atoms with Crippen LogP contribution < -0.4 is 5.73 Å². The molecule has 1 unspecified atom stereocenters. The average Bonchev–Trinajstić information content (AvgIpc) is 2.60. The summed E-state index contributed by atoms with van der Waals surface area (Å²) < 4.78 is 5.88. The van der Waals surface area contributed by atoms with Crippen LogP contribution in [0.25, 0.3) is 11.0 Å². The molecule has 1 aromatic heterocycles. The minimum Gasteiger partial charge on any atom is -0.459 e. The highest BCUT2D eigenvalue weighted by Crippen LogP contribution is 2.31. The van der Waals surface area contributed by atoms with Gasteiger partial charge in [-0.1, -0.05) is 39.0 Å². The summed E-state index contributed by atoms with van der Waals surface area (Å²) in [6.07, 6.45) is 0.922. The van der Waals surface area contributed by atoms with Crippen LogP contribution >= 0.6 is 0 Å². The summed E-state index contributed by atoms with van der Waals surface area (Å²) in [7, 11) is 0. The Kier molecular flexibility index (Phi) is 3.00. The molecule has 0 aliphatic heterocycles. The van der Waals surface area contributed by atoms with E-state index in [9.17, 15) is 0 Å². The normalized spacial score (nSPS) is 14.2. The summed E-state index contributed by atoms with van der Waals surface area (Å²) in [6, 6.07) is 8.22. The molecule has 0 saturated carbocycles. The van der Waals surface area contributed by atoms with E-state index in [1.54, 1.807) is 0 Å². The van der Waals surface area contributed by atoms with E-state index in [0.717, 1.165) is 28.7 Å². The summed E-state index contributed by atoms with van der Waals surface area (Å²) >= 11 is 0. The van der Waals surface area contributed by atoms with E-state index >= 15 is 0 Å². The Balaban J connectivity index is 2.34. The first-order valence-electron chi connectivity index (χ1n) is 6.11. The second-order valence-corrected chi connectivity index (χ2v) is 6.01. The van der Waals surface area contributed by atoms with Crippen molar-refractivity contribution in [1.29, 1.82) is 0 Å². The van der Waals surface area contributed by atoms with Crippen molar-refractivity contribution in [3.63, 3.8) is 0 Å². The maximum absolute atomic E-state index is 6.20. The van der Waals surface area contributed by atoms with Gasteiger partial charge in [-0.05, 0) is 30.4 Å². The zero-order valence-corrected chi connectivity index (χ0v) is 11.1. The van der Waals surface area contributed by atoms with Crippen LogP contribution in [0.5, 0.6) is 0 Å². The van der Waals surface area contributed by atoms with E-state index in [4.69, 9.17) is 10.2 Å². The smallest absolute Gasteiger partial charge is 0.137 e. The van der Waals surface area contributed by atoms with Crippen molar-refractivity contribution >= 4 is 11.0 Å². The fourth-order valence-electron chi connectivity index (χ4n) is 2.17. The molecule has 2 nitrogen and oxygen atoms in total. The van der Waals surface area contributed by atoms with Gasteiger partial charge in [0.25, 0.3) is 0 Å². The second kappa shape index (κ2) is 4.19. The van der Waals surface area contributed by atoms with Crippen LogP contribution in [-0.2, 0) is 0 Å². The molecule has 0 spiro atoms. The molecule has 17 heavy (non-hydrogen) atoms. The molecular weight excluding hydrogens is 210 g/mol. The Hall–Kier alpha value is -1.28. The lowest BCUT2D eigenvalue weighted by molar-refractivity contribution is 0.320. The van der Waals surface area contributed by atoms with Crippen LogP contribution in [0.15, 0.2) is 28.7 Å². The standard InChI is InChI=1S/C15H21NO/c1-10-6-5-7-11-8-13(17-14(10)11)12(16)9-15(2,3)4/h5-8,12H,9,16H2,1-4H3. The van der Waals surface area contributed by atoms with Crippen molar-refractivity contribution in [1.82, 2.24) is 0 Å². The molecule has 0 aliphatic rings. The van der Waals surface area contributed by atoms with Crippen molar-refractivity contribution in [3.05, 3.63) is 35.6 Å². The van der Waals surface area contributed by atoms with Crippen LogP contribution in [0.3, 0.4) is 0 Å². The van der Waals surface area contributed by atoms with Gasteiger partial charge in [-0.25, -0.2) is 0 Å². The highest BCUT2D eigenvalue weighted by atomic mass is 16.3. The van der Waals surface area contributed by atoms with Crippen LogP contribution in [0.1, 0.15) is 44.6 Å². The van der Waals surface area contributed by atoms with Gasteiger partial charge in [0, 0.05) is 5.39 Å². The summed E-state index contributed by atoms with van der Waals surface area (Å²) in [5, 5.41) is 1.14. The number of para-hydroxylation sites is 1. The largest absolute Gasteiger partial charge is 0.459 e. The van der Waals surface area contributed by atoms with Gasteiger partial charge in [0.2, 0.25) is 0 Å². The van der Waals surface area contributed by atoms with Gasteiger partial charge in [0.05, 0.1) is 6.04 Å². The summed E-state index contributed by atoms with van der Waals surface area (Å²) in [6.45, 7) is 8.65. The lowest BCUT2D eigenvalue weighted by Gasteiger charge is -2.21. The van der Waals surface area contributed by atoms with Crippen LogP contribution in [-0.4, -0.2) is 0 Å². The molecule has 1 aromatic carbocycles. The molecule has 92 valence electrons. The van der Waals surface area contributed by atoms with E-state index in [1.807, 2.05) is 6.07 Å². The second-order valence-electron chi connectivity index (χ2n) is 6.01. The third kappa shape index (κ3) is 2.70. The van der Waals surface area contributed by atoms with Crippen LogP contribution in [0.2, 0.25) is 0 Å². The molecule has 2 rings (SSSR count). The number of hydrogen-bond donors (Lipinski definition) is 1. The van der Waals surface area contributed by atoms with Gasteiger partial charge < -0.3 is 10.2 Å². The van der Waals surface area contributed by atoms with E-state index < -0.39 is 0 Å². The minimum atomic E-state index is -0.0261. The number of hydrogen-bond acceptors (Lipinski definition) is 2. The Morgan fingerprint density at radius 3 is 2.59 bits per heavy atom. The first-order valence-corrected chi connectivity index (χ1v) is 6.11. The highest BCUT2D eigenvalue weighted by molar-refractivity contribution is 5.80. The third-order valence-electron chi connectivity index (χ3n) is 2.96. The zero-order valence-electron chi connectivity index (χ0n) is 11.1. The monoisotopic (exact) mass is 231 g/mol. The molecule has 0 saturated heterocycles. The highest BCUT2D eigenvalue weighted by Gasteiger charge is 2.20. The van der Waals surface area contributed by atoms with E-state index in [0.29, 0.717) is 0 Å². The maximum atomic E-state index is 6.20. The number of benzene rings is 1. The molecule has 0 radical (unpaired) electrons. The minimum absolute atomic E-state index is 0.0261. The predicted molar refractivity (Wildman–Crippen MR) is 72.0 cm³/mol. The third-order valence-corrected chi connectivity index (χ3v) is 2.96. The molecule has 0 amide bonds. The summed E-state index contributed by atoms with van der Waals surface area (Å²) in [5.41, 5.74) is 8.55. The topological polar surface area (TPSA) is 39.2 Å². The Bertz CT molecular complexity index is 519. The molecular formula is C15H21NO. The number of furan rings is 1. The summed E-state index contributed by atoms with van der Waals surface area (Å²) in [4.78, 5) is 0. The molecule has 2 heteroatoms. The molecule has 1 heterocycles. The molecule has 2 N–H and O–H groups in total. The number of aryl methyl sites for hydroxylation is 1. The predicted octanol–water partition coefficient (Wildman–Crippen LogP) is 4.18. The molecule has 0 aliphatic carbocycles. The maximum Gasteiger partial charge on any atom is 0.137 e. The van der Waals surface area contributed by atoms with Crippen molar-refractivity contribution in [2.45, 2.75) is 40.2 Å². The Morgan fingerprint density at radius 2 is 2.00 bits per heavy atom. The lowest BCUT2D eigenvalue weighted by Crippen LogP contribution is -2.18. The number of nitrogens with two attached hydrogens (primary N) is 1. The molecule has 1 atom stereocenters. The van der Waals surface area contributed by atoms with Crippen molar-refractivity contribution in [2.75, 3.05) is 0 Å². The van der Waals surface area contributed by atoms with Gasteiger partial charge >= 0.3 is 0 Å². The van der Waals surface area contributed by atoms with Crippen molar-refractivity contribution < 1.29 is 4.42 Å². The van der Waals surface area contributed by atoms with Gasteiger partial charge in [-0.2, -0.15) is 0 Å². The zero-order chi connectivity index (χ0) is 12.6. The van der Waals surface area contributed by atoms with Crippen molar-refractivity contribution in [3.8, 4) is 0 Å². The van der Waals surface area contributed by atoms with E-state index in [2.05, 4.69) is 45.9 Å². The van der Waals surface area contributed by atoms with Gasteiger partial charge in [0.15, 0.2) is 0 Å². The van der Waals surface area contributed by atoms with E-state index in [1.165, 1.54) is 0 Å². The fraction of sp³-hybridized carbons (Fsp3) is 0.467. The van der Waals surface area contributed by atoms with Gasteiger partial charge in [-0.15, -0.1) is 0 Å². The fourth-order valence-corrected chi connectivity index (χ4v) is 2.17. The van der Waals surface area contributed by atoms with E-state index in [-0.39, 0.29) is 11.5 Å². The molecule has 2 aromatic rings. The lowest BCUT2D eigenvalue weighted by atomic mass is 9.87. The first kappa shape index (κ1) is 12.2.